The maximum atomic E-state index is 12.5. The van der Waals surface area contributed by atoms with Gasteiger partial charge in [-0.25, -0.2) is 0 Å². The molecule has 0 aliphatic carbocycles. The third kappa shape index (κ3) is 6.51. The van der Waals surface area contributed by atoms with Crippen molar-refractivity contribution < 1.29 is 19.1 Å². The molecule has 0 aromatic heterocycles. The quantitative estimate of drug-likeness (QED) is 0.480. The Hall–Kier alpha value is -3.19. The smallest absolute Gasteiger partial charge is 0.313 e. The van der Waals surface area contributed by atoms with E-state index in [2.05, 4.69) is 16.0 Å². The van der Waals surface area contributed by atoms with Gasteiger partial charge >= 0.3 is 11.8 Å². The van der Waals surface area contributed by atoms with Crippen molar-refractivity contribution in [3.63, 3.8) is 0 Å². The van der Waals surface area contributed by atoms with Crippen molar-refractivity contribution in [3.05, 3.63) is 65.2 Å². The van der Waals surface area contributed by atoms with Crippen LogP contribution in [0.4, 0.5) is 5.69 Å². The van der Waals surface area contributed by atoms with Gasteiger partial charge in [-0.1, -0.05) is 42.0 Å². The number of hydrogen-bond acceptors (Lipinski definition) is 4. The van der Waals surface area contributed by atoms with Crippen LogP contribution in [0, 0.1) is 6.92 Å². The zero-order chi connectivity index (χ0) is 20.4. The summed E-state index contributed by atoms with van der Waals surface area (Å²) in [5.41, 5.74) is 2.65. The molecule has 3 amide bonds. The molecule has 0 fully saturated rings. The summed E-state index contributed by atoms with van der Waals surface area (Å²) >= 11 is 0. The van der Waals surface area contributed by atoms with Gasteiger partial charge in [0.1, 0.15) is 0 Å². The number of benzene rings is 2. The first-order valence-electron chi connectivity index (χ1n) is 9.02. The molecule has 0 atom stereocenters. The molecule has 2 aromatic rings. The molecule has 28 heavy (non-hydrogen) atoms. The van der Waals surface area contributed by atoms with Crippen LogP contribution in [0.2, 0.25) is 0 Å². The van der Waals surface area contributed by atoms with E-state index in [1.807, 2.05) is 31.2 Å². The van der Waals surface area contributed by atoms with Crippen molar-refractivity contribution in [2.75, 3.05) is 25.6 Å². The number of rotatable bonds is 8. The third-order valence-corrected chi connectivity index (χ3v) is 3.97. The zero-order valence-corrected chi connectivity index (χ0v) is 16.1. The van der Waals surface area contributed by atoms with Crippen LogP contribution < -0.4 is 16.0 Å². The lowest BCUT2D eigenvalue weighted by molar-refractivity contribution is -0.136. The molecule has 0 heterocycles. The summed E-state index contributed by atoms with van der Waals surface area (Å²) in [6.45, 7) is 3.17. The zero-order valence-electron chi connectivity index (χ0n) is 16.1. The highest BCUT2D eigenvalue weighted by molar-refractivity contribution is 6.40. The number of methoxy groups -OCH3 is 1. The van der Waals surface area contributed by atoms with Gasteiger partial charge in [0.05, 0.1) is 11.3 Å². The van der Waals surface area contributed by atoms with E-state index < -0.39 is 11.8 Å². The molecule has 0 saturated carbocycles. The third-order valence-electron chi connectivity index (χ3n) is 3.97. The van der Waals surface area contributed by atoms with Crippen LogP contribution in [-0.4, -0.2) is 38.0 Å². The maximum absolute atomic E-state index is 12.5. The SMILES string of the molecule is COCCCNC(=O)C(=O)Nc1ccccc1C(=O)NCc1cccc(C)c1. The van der Waals surface area contributed by atoms with Crippen LogP contribution >= 0.6 is 0 Å². The fourth-order valence-corrected chi connectivity index (χ4v) is 2.57. The molecular formula is C21H25N3O4. The molecule has 7 heteroatoms. The number of anilines is 1. The summed E-state index contributed by atoms with van der Waals surface area (Å²) in [5.74, 6) is -1.92. The summed E-state index contributed by atoms with van der Waals surface area (Å²) < 4.78 is 4.89. The predicted molar refractivity (Wildman–Crippen MR) is 107 cm³/mol. The number of aryl methyl sites for hydroxylation is 1. The van der Waals surface area contributed by atoms with Gasteiger partial charge in [0.15, 0.2) is 0 Å². The number of nitrogens with one attached hydrogen (secondary N) is 3. The molecule has 0 unspecified atom stereocenters. The number of carbonyl (C=O) groups is 3. The lowest BCUT2D eigenvalue weighted by Crippen LogP contribution is -2.36. The number of ether oxygens (including phenoxy) is 1. The first-order valence-corrected chi connectivity index (χ1v) is 9.02. The van der Waals surface area contributed by atoms with Crippen molar-refractivity contribution in [2.24, 2.45) is 0 Å². The number of hydrogen-bond donors (Lipinski definition) is 3. The Morgan fingerprint density at radius 1 is 0.964 bits per heavy atom. The van der Waals surface area contributed by atoms with Crippen LogP contribution in [0.5, 0.6) is 0 Å². The van der Waals surface area contributed by atoms with E-state index in [0.29, 0.717) is 26.1 Å². The lowest BCUT2D eigenvalue weighted by Gasteiger charge is -2.12. The van der Waals surface area contributed by atoms with Gasteiger partial charge < -0.3 is 20.7 Å². The van der Waals surface area contributed by atoms with E-state index in [0.717, 1.165) is 11.1 Å². The molecule has 0 aliphatic rings. The molecule has 2 aromatic carbocycles. The molecule has 0 aliphatic heterocycles. The standard InChI is InChI=1S/C21H25N3O4/c1-15-7-5-8-16(13-15)14-23-19(25)17-9-3-4-10-18(17)24-21(27)20(26)22-11-6-12-28-2/h3-5,7-10,13H,6,11-12,14H2,1-2H3,(H,22,26)(H,23,25)(H,24,27). The minimum atomic E-state index is -0.823. The summed E-state index contributed by atoms with van der Waals surface area (Å²) in [4.78, 5) is 36.5. The number of carbonyl (C=O) groups excluding carboxylic acids is 3. The molecule has 148 valence electrons. The van der Waals surface area contributed by atoms with Gasteiger partial charge in [0, 0.05) is 26.8 Å². The fraction of sp³-hybridized carbons (Fsp3) is 0.286. The molecule has 0 radical (unpaired) electrons. The van der Waals surface area contributed by atoms with E-state index in [4.69, 9.17) is 4.74 Å². The van der Waals surface area contributed by atoms with Crippen molar-refractivity contribution in [1.82, 2.24) is 10.6 Å². The molecule has 0 bridgehead atoms. The van der Waals surface area contributed by atoms with E-state index in [9.17, 15) is 14.4 Å². The minimum absolute atomic E-state index is 0.279. The molecule has 3 N–H and O–H groups in total. The topological polar surface area (TPSA) is 96.5 Å². The Labute approximate surface area is 164 Å². The van der Waals surface area contributed by atoms with Crippen molar-refractivity contribution in [1.29, 1.82) is 0 Å². The highest BCUT2D eigenvalue weighted by Gasteiger charge is 2.17. The molecule has 0 spiro atoms. The van der Waals surface area contributed by atoms with Crippen molar-refractivity contribution in [2.45, 2.75) is 19.9 Å². The van der Waals surface area contributed by atoms with Crippen LogP contribution in [0.1, 0.15) is 27.9 Å². The van der Waals surface area contributed by atoms with Crippen LogP contribution in [0.25, 0.3) is 0 Å². The Morgan fingerprint density at radius 3 is 2.50 bits per heavy atom. The van der Waals surface area contributed by atoms with Crippen LogP contribution in [0.3, 0.4) is 0 Å². The van der Waals surface area contributed by atoms with Crippen LogP contribution in [-0.2, 0) is 20.9 Å². The normalized spacial score (nSPS) is 10.2. The van der Waals surface area contributed by atoms with Gasteiger partial charge in [0.25, 0.3) is 5.91 Å². The summed E-state index contributed by atoms with van der Waals surface area (Å²) in [7, 11) is 1.56. The van der Waals surface area contributed by atoms with Gasteiger partial charge in [0.2, 0.25) is 0 Å². The number of para-hydroxylation sites is 1. The molecule has 2 rings (SSSR count). The first-order chi connectivity index (χ1) is 13.5. The highest BCUT2D eigenvalue weighted by Crippen LogP contribution is 2.15. The second kappa shape index (κ2) is 10.8. The summed E-state index contributed by atoms with van der Waals surface area (Å²) in [5, 5.41) is 7.83. The van der Waals surface area contributed by atoms with Gasteiger partial charge in [-0.15, -0.1) is 0 Å². The van der Waals surface area contributed by atoms with Gasteiger partial charge in [-0.3, -0.25) is 14.4 Å². The van der Waals surface area contributed by atoms with Gasteiger partial charge in [-0.05, 0) is 31.0 Å². The molecule has 7 nitrogen and oxygen atoms in total. The number of amides is 3. The maximum Gasteiger partial charge on any atom is 0.313 e. The Kier molecular flexibility index (Phi) is 8.17. The summed E-state index contributed by atoms with van der Waals surface area (Å²) in [6, 6.07) is 14.4. The second-order valence-corrected chi connectivity index (χ2v) is 6.27. The first kappa shape index (κ1) is 21.1. The van der Waals surface area contributed by atoms with E-state index >= 15 is 0 Å². The highest BCUT2D eigenvalue weighted by atomic mass is 16.5. The predicted octanol–water partition coefficient (Wildman–Crippen LogP) is 2.02. The Morgan fingerprint density at radius 2 is 1.75 bits per heavy atom. The lowest BCUT2D eigenvalue weighted by atomic mass is 10.1. The van der Waals surface area contributed by atoms with Crippen LogP contribution in [0.15, 0.2) is 48.5 Å². The minimum Gasteiger partial charge on any atom is -0.385 e. The largest absolute Gasteiger partial charge is 0.385 e. The van der Waals surface area contributed by atoms with E-state index in [1.54, 1.807) is 31.4 Å². The second-order valence-electron chi connectivity index (χ2n) is 6.27. The van der Waals surface area contributed by atoms with Crippen molar-refractivity contribution in [3.8, 4) is 0 Å². The molecule has 0 saturated heterocycles. The Bertz CT molecular complexity index is 836. The van der Waals surface area contributed by atoms with Gasteiger partial charge in [-0.2, -0.15) is 0 Å². The van der Waals surface area contributed by atoms with E-state index in [-0.39, 0.29) is 17.2 Å². The summed E-state index contributed by atoms with van der Waals surface area (Å²) in [6.07, 6.45) is 0.605. The molecular weight excluding hydrogens is 358 g/mol. The fourth-order valence-electron chi connectivity index (χ4n) is 2.57. The average molecular weight is 383 g/mol. The van der Waals surface area contributed by atoms with Crippen molar-refractivity contribution >= 4 is 23.4 Å². The average Bonchev–Trinajstić information content (AvgIpc) is 2.69. The van der Waals surface area contributed by atoms with E-state index in [1.165, 1.54) is 0 Å². The Balaban J connectivity index is 1.96. The monoisotopic (exact) mass is 383 g/mol.